The Morgan fingerprint density at radius 1 is 1.05 bits per heavy atom. The fraction of sp³-hybridized carbons (Fsp3) is 0.250. The molecule has 0 radical (unpaired) electrons. The molecule has 1 N–H and O–H groups in total. The standard InChI is InChI=1S/C16H18ClNO/c1-12-6-5-9-15(17)16(12)18-10-13-7-3-4-8-14(13)11-19-2/h3-9,18H,10-11H2,1-2H3. The maximum absolute atomic E-state index is 6.21. The minimum atomic E-state index is 0.624. The highest BCUT2D eigenvalue weighted by molar-refractivity contribution is 6.33. The lowest BCUT2D eigenvalue weighted by Gasteiger charge is -2.14. The van der Waals surface area contributed by atoms with Gasteiger partial charge in [-0.05, 0) is 29.7 Å². The van der Waals surface area contributed by atoms with Crippen molar-refractivity contribution in [2.75, 3.05) is 12.4 Å². The zero-order valence-corrected chi connectivity index (χ0v) is 12.0. The predicted molar refractivity (Wildman–Crippen MR) is 80.7 cm³/mol. The minimum absolute atomic E-state index is 0.624. The molecule has 3 heteroatoms. The summed E-state index contributed by atoms with van der Waals surface area (Å²) in [5, 5.41) is 4.16. The second kappa shape index (κ2) is 6.60. The third-order valence-electron chi connectivity index (χ3n) is 3.10. The lowest BCUT2D eigenvalue weighted by molar-refractivity contribution is 0.184. The van der Waals surface area contributed by atoms with Crippen LogP contribution in [0.15, 0.2) is 42.5 Å². The van der Waals surface area contributed by atoms with Gasteiger partial charge in [0.2, 0.25) is 0 Å². The van der Waals surface area contributed by atoms with Crippen molar-refractivity contribution < 1.29 is 4.74 Å². The fourth-order valence-corrected chi connectivity index (χ4v) is 2.35. The summed E-state index contributed by atoms with van der Waals surface area (Å²) in [6.45, 7) is 3.42. The Hall–Kier alpha value is -1.51. The van der Waals surface area contributed by atoms with Gasteiger partial charge >= 0.3 is 0 Å². The third-order valence-corrected chi connectivity index (χ3v) is 3.41. The number of anilines is 1. The third kappa shape index (κ3) is 3.49. The van der Waals surface area contributed by atoms with Gasteiger partial charge in [-0.1, -0.05) is 48.0 Å². The molecule has 0 bridgehead atoms. The van der Waals surface area contributed by atoms with E-state index in [9.17, 15) is 0 Å². The molecule has 0 saturated heterocycles. The number of halogens is 1. The highest BCUT2D eigenvalue weighted by Crippen LogP contribution is 2.26. The van der Waals surface area contributed by atoms with Gasteiger partial charge in [-0.3, -0.25) is 0 Å². The van der Waals surface area contributed by atoms with Crippen molar-refractivity contribution >= 4 is 17.3 Å². The average Bonchev–Trinajstić information content (AvgIpc) is 2.40. The van der Waals surface area contributed by atoms with Crippen molar-refractivity contribution in [1.82, 2.24) is 0 Å². The summed E-state index contributed by atoms with van der Waals surface area (Å²) in [5.74, 6) is 0. The first-order valence-electron chi connectivity index (χ1n) is 6.27. The maximum Gasteiger partial charge on any atom is 0.0716 e. The van der Waals surface area contributed by atoms with Crippen molar-refractivity contribution in [3.63, 3.8) is 0 Å². The van der Waals surface area contributed by atoms with Crippen molar-refractivity contribution in [3.8, 4) is 0 Å². The number of methoxy groups -OCH3 is 1. The molecule has 100 valence electrons. The van der Waals surface area contributed by atoms with E-state index in [1.165, 1.54) is 11.1 Å². The van der Waals surface area contributed by atoms with Crippen molar-refractivity contribution in [2.24, 2.45) is 0 Å². The second-order valence-corrected chi connectivity index (χ2v) is 4.89. The van der Waals surface area contributed by atoms with E-state index in [1.54, 1.807) is 7.11 Å². The topological polar surface area (TPSA) is 21.3 Å². The van der Waals surface area contributed by atoms with Gasteiger partial charge in [0, 0.05) is 13.7 Å². The molecule has 0 heterocycles. The average molecular weight is 276 g/mol. The molecular formula is C16H18ClNO. The molecule has 2 rings (SSSR count). The molecule has 2 aromatic carbocycles. The molecule has 2 nitrogen and oxygen atoms in total. The van der Waals surface area contributed by atoms with Crippen LogP contribution in [0, 0.1) is 6.92 Å². The molecule has 0 spiro atoms. The van der Waals surface area contributed by atoms with Crippen LogP contribution in [-0.2, 0) is 17.9 Å². The Morgan fingerprint density at radius 2 is 1.79 bits per heavy atom. The quantitative estimate of drug-likeness (QED) is 0.873. The predicted octanol–water partition coefficient (Wildman–Crippen LogP) is 4.41. The molecule has 19 heavy (non-hydrogen) atoms. The van der Waals surface area contributed by atoms with Crippen LogP contribution in [0.1, 0.15) is 16.7 Å². The number of rotatable bonds is 5. The Balaban J connectivity index is 2.15. The summed E-state index contributed by atoms with van der Waals surface area (Å²) in [7, 11) is 1.71. The van der Waals surface area contributed by atoms with Crippen molar-refractivity contribution in [2.45, 2.75) is 20.1 Å². The molecular weight excluding hydrogens is 258 g/mol. The Morgan fingerprint density at radius 3 is 2.47 bits per heavy atom. The number of ether oxygens (including phenoxy) is 1. The number of nitrogens with one attached hydrogen (secondary N) is 1. The van der Waals surface area contributed by atoms with Crippen LogP contribution in [0.2, 0.25) is 5.02 Å². The smallest absolute Gasteiger partial charge is 0.0716 e. The molecule has 0 atom stereocenters. The summed E-state index contributed by atoms with van der Waals surface area (Å²) in [4.78, 5) is 0. The second-order valence-electron chi connectivity index (χ2n) is 4.49. The van der Waals surface area contributed by atoms with Gasteiger partial charge in [0.15, 0.2) is 0 Å². The Labute approximate surface area is 119 Å². The Bertz CT molecular complexity index is 534. The highest BCUT2D eigenvalue weighted by Gasteiger charge is 2.05. The Kier molecular flexibility index (Phi) is 4.83. The number of aryl methyl sites for hydroxylation is 1. The first-order valence-corrected chi connectivity index (χ1v) is 6.65. The first-order chi connectivity index (χ1) is 9.22. The fourth-order valence-electron chi connectivity index (χ4n) is 2.07. The molecule has 0 amide bonds. The molecule has 2 aromatic rings. The van der Waals surface area contributed by atoms with Crippen LogP contribution in [0.5, 0.6) is 0 Å². The lowest BCUT2D eigenvalue weighted by Crippen LogP contribution is -2.05. The van der Waals surface area contributed by atoms with E-state index in [0.717, 1.165) is 22.8 Å². The molecule has 0 fully saturated rings. The number of hydrogen-bond acceptors (Lipinski definition) is 2. The zero-order valence-electron chi connectivity index (χ0n) is 11.2. The largest absolute Gasteiger partial charge is 0.380 e. The van der Waals surface area contributed by atoms with Gasteiger partial charge in [-0.25, -0.2) is 0 Å². The van der Waals surface area contributed by atoms with Gasteiger partial charge in [0.25, 0.3) is 0 Å². The summed E-state index contributed by atoms with van der Waals surface area (Å²) in [5.41, 5.74) is 4.57. The monoisotopic (exact) mass is 275 g/mol. The van der Waals surface area contributed by atoms with Crippen LogP contribution >= 0.6 is 11.6 Å². The number of para-hydroxylation sites is 1. The summed E-state index contributed by atoms with van der Waals surface area (Å²) in [6.07, 6.45) is 0. The van der Waals surface area contributed by atoms with Crippen LogP contribution < -0.4 is 5.32 Å². The SMILES string of the molecule is COCc1ccccc1CNc1c(C)cccc1Cl. The van der Waals surface area contributed by atoms with Gasteiger partial charge in [-0.2, -0.15) is 0 Å². The van der Waals surface area contributed by atoms with E-state index in [0.29, 0.717) is 6.61 Å². The summed E-state index contributed by atoms with van der Waals surface area (Å²) < 4.78 is 5.21. The minimum Gasteiger partial charge on any atom is -0.380 e. The van der Waals surface area contributed by atoms with Crippen LogP contribution in [0.4, 0.5) is 5.69 Å². The summed E-state index contributed by atoms with van der Waals surface area (Å²) >= 11 is 6.21. The van der Waals surface area contributed by atoms with Crippen LogP contribution in [-0.4, -0.2) is 7.11 Å². The van der Waals surface area contributed by atoms with Gasteiger partial charge in [-0.15, -0.1) is 0 Å². The van der Waals surface area contributed by atoms with E-state index < -0.39 is 0 Å². The molecule has 0 aliphatic carbocycles. The van der Waals surface area contributed by atoms with Gasteiger partial charge in [0.05, 0.1) is 17.3 Å². The van der Waals surface area contributed by atoms with Gasteiger partial charge in [0.1, 0.15) is 0 Å². The van der Waals surface area contributed by atoms with E-state index >= 15 is 0 Å². The molecule has 0 aromatic heterocycles. The van der Waals surface area contributed by atoms with Crippen molar-refractivity contribution in [1.29, 1.82) is 0 Å². The van der Waals surface area contributed by atoms with E-state index in [-0.39, 0.29) is 0 Å². The number of benzene rings is 2. The maximum atomic E-state index is 6.21. The van der Waals surface area contributed by atoms with Gasteiger partial charge < -0.3 is 10.1 Å². The lowest BCUT2D eigenvalue weighted by atomic mass is 10.1. The molecule has 0 aliphatic heterocycles. The zero-order chi connectivity index (χ0) is 13.7. The molecule has 0 unspecified atom stereocenters. The first kappa shape index (κ1) is 13.9. The van der Waals surface area contributed by atoms with Crippen LogP contribution in [0.3, 0.4) is 0 Å². The van der Waals surface area contributed by atoms with Crippen LogP contribution in [0.25, 0.3) is 0 Å². The van der Waals surface area contributed by atoms with E-state index in [1.807, 2.05) is 24.3 Å². The van der Waals surface area contributed by atoms with E-state index in [2.05, 4.69) is 30.4 Å². The number of hydrogen-bond donors (Lipinski definition) is 1. The van der Waals surface area contributed by atoms with Crippen molar-refractivity contribution in [3.05, 3.63) is 64.2 Å². The highest BCUT2D eigenvalue weighted by atomic mass is 35.5. The normalized spacial score (nSPS) is 10.5. The summed E-state index contributed by atoms with van der Waals surface area (Å²) in [6, 6.07) is 14.2. The van der Waals surface area contributed by atoms with E-state index in [4.69, 9.17) is 16.3 Å². The molecule has 0 saturated carbocycles. The molecule has 0 aliphatic rings.